The van der Waals surface area contributed by atoms with Crippen molar-refractivity contribution < 1.29 is 19.1 Å². The first-order valence-electron chi connectivity index (χ1n) is 13.2. The predicted molar refractivity (Wildman–Crippen MR) is 143 cm³/mol. The molecule has 5 nitrogen and oxygen atoms in total. The maximum atomic E-state index is 14.3. The van der Waals surface area contributed by atoms with Crippen LogP contribution in [-0.4, -0.2) is 32.0 Å². The fourth-order valence-electron chi connectivity index (χ4n) is 7.36. The third-order valence-corrected chi connectivity index (χ3v) is 9.26. The molecule has 2 aliphatic carbocycles. The summed E-state index contributed by atoms with van der Waals surface area (Å²) >= 11 is 0. The molecule has 1 amide bonds. The van der Waals surface area contributed by atoms with E-state index in [1.54, 1.807) is 20.3 Å². The fourth-order valence-corrected chi connectivity index (χ4v) is 7.36. The Balaban J connectivity index is 1.75. The topological polar surface area (TPSA) is 64.6 Å². The standard InChI is InChI=1S/C31H41NO4/c1-19-11-8-9-12-24(19)29(34)32-25-18-26-30(3,4)13-10-14-31(26,5)27(20(25)2)28(33)21-15-22(35-6)17-23(16-21)36-7/h8-9,11-12,15-17,20,25-27H,10,13-14,18H2,1-7H3,(H,32,34)/t20-,25+,26-,27+,31-/m0/s1. The normalized spacial score (nSPS) is 29.1. The third-order valence-electron chi connectivity index (χ3n) is 9.26. The summed E-state index contributed by atoms with van der Waals surface area (Å²) in [5, 5.41) is 3.35. The van der Waals surface area contributed by atoms with Gasteiger partial charge in [0.15, 0.2) is 5.78 Å². The van der Waals surface area contributed by atoms with Crippen LogP contribution < -0.4 is 14.8 Å². The van der Waals surface area contributed by atoms with Gasteiger partial charge in [-0.15, -0.1) is 0 Å². The van der Waals surface area contributed by atoms with Gasteiger partial charge in [0.1, 0.15) is 11.5 Å². The molecular formula is C31H41NO4. The van der Waals surface area contributed by atoms with Gasteiger partial charge in [0.05, 0.1) is 14.2 Å². The molecule has 36 heavy (non-hydrogen) atoms. The zero-order valence-corrected chi connectivity index (χ0v) is 22.8. The Kier molecular flexibility index (Phi) is 7.23. The number of benzene rings is 2. The van der Waals surface area contributed by atoms with Crippen LogP contribution in [0.4, 0.5) is 0 Å². The first kappa shape index (κ1) is 26.2. The number of ether oxygens (including phenoxy) is 2. The molecule has 0 bridgehead atoms. The van der Waals surface area contributed by atoms with Crippen LogP contribution in [-0.2, 0) is 0 Å². The number of methoxy groups -OCH3 is 2. The lowest BCUT2D eigenvalue weighted by atomic mass is 9.45. The fraction of sp³-hybridized carbons (Fsp3) is 0.548. The molecule has 0 unspecified atom stereocenters. The van der Waals surface area contributed by atoms with E-state index in [4.69, 9.17) is 9.47 Å². The van der Waals surface area contributed by atoms with Crippen molar-refractivity contribution in [1.29, 1.82) is 0 Å². The largest absolute Gasteiger partial charge is 0.497 e. The van der Waals surface area contributed by atoms with E-state index in [0.717, 1.165) is 31.2 Å². The number of carbonyl (C=O) groups is 2. The van der Waals surface area contributed by atoms with Crippen molar-refractivity contribution in [3.8, 4) is 11.5 Å². The Labute approximate surface area is 216 Å². The van der Waals surface area contributed by atoms with Crippen LogP contribution in [0.3, 0.4) is 0 Å². The number of aryl methyl sites for hydroxylation is 1. The maximum absolute atomic E-state index is 14.3. The Morgan fingerprint density at radius 1 is 0.972 bits per heavy atom. The molecule has 0 heterocycles. The maximum Gasteiger partial charge on any atom is 0.251 e. The van der Waals surface area contributed by atoms with Crippen LogP contribution in [0.25, 0.3) is 0 Å². The number of ketones is 1. The first-order chi connectivity index (χ1) is 17.0. The summed E-state index contributed by atoms with van der Waals surface area (Å²) in [6.07, 6.45) is 4.14. The van der Waals surface area contributed by atoms with E-state index in [9.17, 15) is 9.59 Å². The molecule has 0 aliphatic heterocycles. The monoisotopic (exact) mass is 491 g/mol. The lowest BCUT2D eigenvalue weighted by molar-refractivity contribution is -0.0902. The lowest BCUT2D eigenvalue weighted by Gasteiger charge is -2.60. The summed E-state index contributed by atoms with van der Waals surface area (Å²) in [5.41, 5.74) is 2.19. The van der Waals surface area contributed by atoms with Crippen molar-refractivity contribution in [2.75, 3.05) is 14.2 Å². The van der Waals surface area contributed by atoms with Crippen LogP contribution >= 0.6 is 0 Å². The van der Waals surface area contributed by atoms with Crippen LogP contribution in [0.5, 0.6) is 11.5 Å². The van der Waals surface area contributed by atoms with Gasteiger partial charge in [-0.05, 0) is 72.6 Å². The van der Waals surface area contributed by atoms with Gasteiger partial charge < -0.3 is 14.8 Å². The van der Waals surface area contributed by atoms with Gasteiger partial charge >= 0.3 is 0 Å². The summed E-state index contributed by atoms with van der Waals surface area (Å²) < 4.78 is 10.9. The average molecular weight is 492 g/mol. The van der Waals surface area contributed by atoms with Gasteiger partial charge in [0, 0.05) is 29.2 Å². The molecular weight excluding hydrogens is 450 g/mol. The van der Waals surface area contributed by atoms with Gasteiger partial charge in [-0.3, -0.25) is 9.59 Å². The van der Waals surface area contributed by atoms with Gasteiger partial charge in [-0.2, -0.15) is 0 Å². The quantitative estimate of drug-likeness (QED) is 0.470. The number of hydrogen-bond donors (Lipinski definition) is 1. The molecule has 0 aromatic heterocycles. The van der Waals surface area contributed by atoms with E-state index in [0.29, 0.717) is 28.5 Å². The zero-order valence-electron chi connectivity index (χ0n) is 22.8. The van der Waals surface area contributed by atoms with E-state index in [1.165, 1.54) is 0 Å². The van der Waals surface area contributed by atoms with E-state index in [-0.39, 0.29) is 40.4 Å². The predicted octanol–water partition coefficient (Wildman–Crippen LogP) is 6.48. The average Bonchev–Trinajstić information content (AvgIpc) is 2.84. The molecule has 2 fully saturated rings. The summed E-state index contributed by atoms with van der Waals surface area (Å²) in [6.45, 7) is 11.1. The molecule has 194 valence electrons. The summed E-state index contributed by atoms with van der Waals surface area (Å²) in [6, 6.07) is 13.0. The molecule has 5 heteroatoms. The number of Topliss-reactive ketones (excluding diaryl/α,β-unsaturated/α-hetero) is 1. The third kappa shape index (κ3) is 4.65. The number of nitrogens with one attached hydrogen (secondary N) is 1. The second-order valence-corrected chi connectivity index (χ2v) is 11.8. The number of carbonyl (C=O) groups excluding carboxylic acids is 2. The van der Waals surface area contributed by atoms with Gasteiger partial charge in [0.25, 0.3) is 5.91 Å². The Hall–Kier alpha value is -2.82. The minimum absolute atomic E-state index is 0.0159. The highest BCUT2D eigenvalue weighted by Gasteiger charge is 2.58. The van der Waals surface area contributed by atoms with Crippen molar-refractivity contribution in [3.63, 3.8) is 0 Å². The minimum atomic E-state index is -0.227. The van der Waals surface area contributed by atoms with E-state index in [2.05, 4.69) is 33.0 Å². The summed E-state index contributed by atoms with van der Waals surface area (Å²) in [4.78, 5) is 27.7. The van der Waals surface area contributed by atoms with Crippen molar-refractivity contribution in [2.45, 2.75) is 66.3 Å². The second-order valence-electron chi connectivity index (χ2n) is 11.8. The minimum Gasteiger partial charge on any atom is -0.497 e. The summed E-state index contributed by atoms with van der Waals surface area (Å²) in [7, 11) is 3.20. The molecule has 0 spiro atoms. The number of fused-ring (bicyclic) bond motifs is 1. The van der Waals surface area contributed by atoms with Gasteiger partial charge in [-0.1, -0.05) is 52.3 Å². The Bertz CT molecular complexity index is 1120. The highest BCUT2D eigenvalue weighted by molar-refractivity contribution is 6.00. The summed E-state index contributed by atoms with van der Waals surface area (Å²) in [5.74, 6) is 1.34. The van der Waals surface area contributed by atoms with Gasteiger partial charge in [0.2, 0.25) is 0 Å². The van der Waals surface area contributed by atoms with Crippen LogP contribution in [0.1, 0.15) is 79.7 Å². The molecule has 1 N–H and O–H groups in total. The molecule has 0 radical (unpaired) electrons. The second kappa shape index (κ2) is 9.91. The Morgan fingerprint density at radius 2 is 1.61 bits per heavy atom. The highest BCUT2D eigenvalue weighted by atomic mass is 16.5. The Morgan fingerprint density at radius 3 is 2.22 bits per heavy atom. The first-order valence-corrected chi connectivity index (χ1v) is 13.2. The van der Waals surface area contributed by atoms with Crippen molar-refractivity contribution in [3.05, 3.63) is 59.2 Å². The molecule has 2 aromatic carbocycles. The van der Waals surface area contributed by atoms with E-state index < -0.39 is 0 Å². The molecule has 4 rings (SSSR count). The smallest absolute Gasteiger partial charge is 0.251 e. The molecule has 5 atom stereocenters. The number of rotatable bonds is 6. The molecule has 0 saturated heterocycles. The van der Waals surface area contributed by atoms with Crippen LogP contribution in [0.15, 0.2) is 42.5 Å². The molecule has 2 saturated carbocycles. The zero-order chi connectivity index (χ0) is 26.3. The van der Waals surface area contributed by atoms with E-state index >= 15 is 0 Å². The number of amides is 1. The molecule has 2 aliphatic rings. The lowest BCUT2D eigenvalue weighted by Crippen LogP contribution is -2.60. The van der Waals surface area contributed by atoms with Crippen molar-refractivity contribution in [2.24, 2.45) is 28.6 Å². The molecule has 2 aromatic rings. The highest BCUT2D eigenvalue weighted by Crippen LogP contribution is 2.61. The number of hydrogen-bond acceptors (Lipinski definition) is 4. The van der Waals surface area contributed by atoms with Crippen molar-refractivity contribution >= 4 is 11.7 Å². The SMILES string of the molecule is COc1cc(OC)cc(C(=O)[C@H]2[C@@H](C)[C@H](NC(=O)c3ccccc3C)C[C@H]3C(C)(C)CCC[C@]23C)c1. The van der Waals surface area contributed by atoms with Gasteiger partial charge in [-0.25, -0.2) is 0 Å². The van der Waals surface area contributed by atoms with Crippen LogP contribution in [0, 0.1) is 35.5 Å². The van der Waals surface area contributed by atoms with E-state index in [1.807, 2.05) is 43.3 Å². The van der Waals surface area contributed by atoms with Crippen molar-refractivity contribution in [1.82, 2.24) is 5.32 Å². The van der Waals surface area contributed by atoms with Crippen LogP contribution in [0.2, 0.25) is 0 Å².